The van der Waals surface area contributed by atoms with Crippen molar-refractivity contribution in [3.05, 3.63) is 29.0 Å². The van der Waals surface area contributed by atoms with Crippen LogP contribution in [0, 0.1) is 0 Å². The lowest BCUT2D eigenvalue weighted by molar-refractivity contribution is 0.923. The number of rotatable bonds is 2. The van der Waals surface area contributed by atoms with E-state index in [2.05, 4.69) is 4.98 Å². The molecule has 1 heterocycles. The average molecular weight is 193 g/mol. The van der Waals surface area contributed by atoms with Crippen molar-refractivity contribution < 1.29 is 0 Å². The third-order valence-electron chi connectivity index (χ3n) is 1.19. The fourth-order valence-electron chi connectivity index (χ4n) is 0.702. The van der Waals surface area contributed by atoms with Crippen molar-refractivity contribution in [2.24, 2.45) is 5.73 Å². The zero-order valence-electron chi connectivity index (χ0n) is 5.96. The van der Waals surface area contributed by atoms with Crippen LogP contribution in [0.2, 0.25) is 5.02 Å². The van der Waals surface area contributed by atoms with Gasteiger partial charge in [-0.25, -0.2) is 0 Å². The van der Waals surface area contributed by atoms with Crippen LogP contribution >= 0.6 is 24.0 Å². The molecule has 0 aliphatic heterocycles. The molecular weight excluding hydrogens is 183 g/mol. The van der Waals surface area contributed by atoms with Gasteiger partial charge < -0.3 is 5.73 Å². The maximum Gasteiger partial charge on any atom is 0.0589 e. The van der Waals surface area contributed by atoms with Gasteiger partial charge in [0.25, 0.3) is 0 Å². The molecule has 0 aliphatic carbocycles. The van der Waals surface area contributed by atoms with Gasteiger partial charge in [-0.3, -0.25) is 4.98 Å². The summed E-state index contributed by atoms with van der Waals surface area (Å²) in [7, 11) is 0. The third-order valence-corrected chi connectivity index (χ3v) is 1.41. The van der Waals surface area contributed by atoms with Crippen LogP contribution in [-0.2, 0) is 6.42 Å². The highest BCUT2D eigenvalue weighted by molar-refractivity contribution is 6.30. The number of nitrogens with zero attached hydrogens (tertiary/aromatic N) is 1. The summed E-state index contributed by atoms with van der Waals surface area (Å²) < 4.78 is 0. The summed E-state index contributed by atoms with van der Waals surface area (Å²) in [4.78, 5) is 4.06. The Morgan fingerprint density at radius 3 is 2.64 bits per heavy atom. The van der Waals surface area contributed by atoms with E-state index >= 15 is 0 Å². The van der Waals surface area contributed by atoms with Crippen molar-refractivity contribution in [1.29, 1.82) is 0 Å². The largest absolute Gasteiger partial charge is 0.330 e. The number of halogens is 2. The standard InChI is InChI=1S/C7H9ClN2.ClH/c8-6-1-2-7(3-4-9)10-5-6;/h1-2,5H,3-4,9H2;1H. The summed E-state index contributed by atoms with van der Waals surface area (Å²) >= 11 is 5.62. The molecule has 2 nitrogen and oxygen atoms in total. The van der Waals surface area contributed by atoms with Crippen molar-refractivity contribution >= 4 is 24.0 Å². The first-order valence-corrected chi connectivity index (χ1v) is 3.51. The molecule has 0 radical (unpaired) electrons. The van der Waals surface area contributed by atoms with Crippen molar-refractivity contribution in [2.75, 3.05) is 6.54 Å². The van der Waals surface area contributed by atoms with E-state index in [1.54, 1.807) is 6.20 Å². The van der Waals surface area contributed by atoms with E-state index in [1.807, 2.05) is 12.1 Å². The SMILES string of the molecule is Cl.NCCc1ccc(Cl)cn1. The van der Waals surface area contributed by atoms with Crippen LogP contribution in [-0.4, -0.2) is 11.5 Å². The Kier molecular flexibility index (Phi) is 5.20. The van der Waals surface area contributed by atoms with Crippen molar-refractivity contribution in [2.45, 2.75) is 6.42 Å². The highest BCUT2D eigenvalue weighted by Crippen LogP contribution is 2.05. The molecule has 0 aliphatic rings. The van der Waals surface area contributed by atoms with Crippen LogP contribution in [0.15, 0.2) is 18.3 Å². The van der Waals surface area contributed by atoms with Gasteiger partial charge in [0.2, 0.25) is 0 Å². The smallest absolute Gasteiger partial charge is 0.0589 e. The summed E-state index contributed by atoms with van der Waals surface area (Å²) in [5, 5.41) is 0.667. The molecular formula is C7H10Cl2N2. The predicted octanol–water partition coefficient (Wildman–Crippen LogP) is 1.66. The summed E-state index contributed by atoms with van der Waals surface area (Å²) in [6.45, 7) is 0.634. The van der Waals surface area contributed by atoms with Crippen LogP contribution in [0.3, 0.4) is 0 Å². The zero-order valence-corrected chi connectivity index (χ0v) is 7.53. The number of hydrogen-bond acceptors (Lipinski definition) is 2. The van der Waals surface area contributed by atoms with E-state index < -0.39 is 0 Å². The van der Waals surface area contributed by atoms with Crippen LogP contribution < -0.4 is 5.73 Å². The van der Waals surface area contributed by atoms with Crippen LogP contribution in [0.5, 0.6) is 0 Å². The molecule has 1 aromatic rings. The highest BCUT2D eigenvalue weighted by atomic mass is 35.5. The van der Waals surface area contributed by atoms with Gasteiger partial charge in [-0.2, -0.15) is 0 Å². The summed E-state index contributed by atoms with van der Waals surface area (Å²) in [6, 6.07) is 3.70. The molecule has 2 N–H and O–H groups in total. The molecule has 0 atom stereocenters. The lowest BCUT2D eigenvalue weighted by Gasteiger charge is -1.95. The first kappa shape index (κ1) is 10.7. The predicted molar refractivity (Wildman–Crippen MR) is 49.3 cm³/mol. The van der Waals surface area contributed by atoms with Crippen LogP contribution in [0.4, 0.5) is 0 Å². The van der Waals surface area contributed by atoms with Crippen LogP contribution in [0.25, 0.3) is 0 Å². The van der Waals surface area contributed by atoms with E-state index in [0.29, 0.717) is 11.6 Å². The molecule has 0 saturated carbocycles. The van der Waals surface area contributed by atoms with Gasteiger partial charge in [0.15, 0.2) is 0 Å². The summed E-state index contributed by atoms with van der Waals surface area (Å²) in [5.74, 6) is 0. The first-order valence-electron chi connectivity index (χ1n) is 3.13. The van der Waals surface area contributed by atoms with E-state index in [0.717, 1.165) is 12.1 Å². The van der Waals surface area contributed by atoms with Gasteiger partial charge in [0.1, 0.15) is 0 Å². The van der Waals surface area contributed by atoms with Gasteiger partial charge in [-0.15, -0.1) is 12.4 Å². The molecule has 1 rings (SSSR count). The Balaban J connectivity index is 0.000001000. The highest BCUT2D eigenvalue weighted by Gasteiger charge is 1.90. The third kappa shape index (κ3) is 3.56. The molecule has 0 spiro atoms. The van der Waals surface area contributed by atoms with Gasteiger partial charge in [-0.1, -0.05) is 11.6 Å². The minimum absolute atomic E-state index is 0. The van der Waals surface area contributed by atoms with Crippen molar-refractivity contribution in [3.8, 4) is 0 Å². The zero-order chi connectivity index (χ0) is 7.40. The maximum absolute atomic E-state index is 5.62. The van der Waals surface area contributed by atoms with Crippen molar-refractivity contribution in [1.82, 2.24) is 4.98 Å². The number of nitrogens with two attached hydrogens (primary N) is 1. The molecule has 0 fully saturated rings. The summed E-state index contributed by atoms with van der Waals surface area (Å²) in [6.07, 6.45) is 2.45. The van der Waals surface area contributed by atoms with E-state index in [4.69, 9.17) is 17.3 Å². The molecule has 62 valence electrons. The minimum atomic E-state index is 0. The Morgan fingerprint density at radius 2 is 2.18 bits per heavy atom. The lowest BCUT2D eigenvalue weighted by atomic mass is 10.3. The van der Waals surface area contributed by atoms with E-state index in [1.165, 1.54) is 0 Å². The second kappa shape index (κ2) is 5.35. The summed E-state index contributed by atoms with van der Waals surface area (Å²) in [5.41, 5.74) is 6.32. The normalized spacial score (nSPS) is 8.91. The molecule has 0 saturated heterocycles. The van der Waals surface area contributed by atoms with Gasteiger partial charge >= 0.3 is 0 Å². The Labute approximate surface area is 77.2 Å². The fraction of sp³-hybridized carbons (Fsp3) is 0.286. The minimum Gasteiger partial charge on any atom is -0.330 e. The second-order valence-corrected chi connectivity index (χ2v) is 2.44. The maximum atomic E-state index is 5.62. The molecule has 0 amide bonds. The quantitative estimate of drug-likeness (QED) is 0.775. The van der Waals surface area contributed by atoms with Crippen LogP contribution in [0.1, 0.15) is 5.69 Å². The lowest BCUT2D eigenvalue weighted by Crippen LogP contribution is -2.03. The monoisotopic (exact) mass is 192 g/mol. The molecule has 0 bridgehead atoms. The fourth-order valence-corrected chi connectivity index (χ4v) is 0.814. The molecule has 1 aromatic heterocycles. The molecule has 0 unspecified atom stereocenters. The van der Waals surface area contributed by atoms with Crippen molar-refractivity contribution in [3.63, 3.8) is 0 Å². The second-order valence-electron chi connectivity index (χ2n) is 2.01. The average Bonchev–Trinajstić information content (AvgIpc) is 1.95. The van der Waals surface area contributed by atoms with E-state index in [-0.39, 0.29) is 12.4 Å². The van der Waals surface area contributed by atoms with Gasteiger partial charge in [0, 0.05) is 18.3 Å². The Bertz CT molecular complexity index is 198. The number of hydrogen-bond donors (Lipinski definition) is 1. The Hall–Kier alpha value is -0.310. The van der Waals surface area contributed by atoms with Gasteiger partial charge in [-0.05, 0) is 18.7 Å². The molecule has 0 aromatic carbocycles. The van der Waals surface area contributed by atoms with E-state index in [9.17, 15) is 0 Å². The number of pyridine rings is 1. The van der Waals surface area contributed by atoms with Gasteiger partial charge in [0.05, 0.1) is 5.02 Å². The Morgan fingerprint density at radius 1 is 1.45 bits per heavy atom. The topological polar surface area (TPSA) is 38.9 Å². The molecule has 4 heteroatoms. The molecule has 11 heavy (non-hydrogen) atoms. The number of aromatic nitrogens is 1. The first-order chi connectivity index (χ1) is 4.83.